The normalized spacial score (nSPS) is 16.3. The van der Waals surface area contributed by atoms with Crippen LogP contribution in [0.3, 0.4) is 0 Å². The van der Waals surface area contributed by atoms with E-state index in [-0.39, 0.29) is 11.8 Å². The third-order valence-electron chi connectivity index (χ3n) is 5.55. The maximum Gasteiger partial charge on any atom is 0.229 e. The number of carbonyl (C=O) groups is 1. The molecular formula is C24H26N4OS. The Bertz CT molecular complexity index is 1020. The average Bonchev–Trinajstić information content (AvgIpc) is 2.80. The van der Waals surface area contributed by atoms with Gasteiger partial charge in [0.15, 0.2) is 5.82 Å². The number of aryl methyl sites for hydroxylation is 1. The van der Waals surface area contributed by atoms with Crippen LogP contribution in [-0.4, -0.2) is 35.4 Å². The van der Waals surface area contributed by atoms with Gasteiger partial charge >= 0.3 is 0 Å². The Kier molecular flexibility index (Phi) is 6.33. The summed E-state index contributed by atoms with van der Waals surface area (Å²) in [6, 6.07) is 20.1. The number of rotatable bonds is 5. The van der Waals surface area contributed by atoms with Crippen LogP contribution in [-0.2, 0) is 4.79 Å². The number of aromatic nitrogens is 2. The van der Waals surface area contributed by atoms with Gasteiger partial charge in [-0.2, -0.15) is 0 Å². The van der Waals surface area contributed by atoms with E-state index in [4.69, 9.17) is 0 Å². The Hall–Kier alpha value is -2.86. The first-order valence-electron chi connectivity index (χ1n) is 10.2. The first-order chi connectivity index (χ1) is 14.7. The minimum Gasteiger partial charge on any atom is -0.354 e. The summed E-state index contributed by atoms with van der Waals surface area (Å²) in [5.74, 6) is 0.839. The number of piperidine rings is 1. The molecule has 0 bridgehead atoms. The highest BCUT2D eigenvalue weighted by molar-refractivity contribution is 7.98. The molecule has 2 aromatic carbocycles. The van der Waals surface area contributed by atoms with Gasteiger partial charge in [-0.05, 0) is 55.9 Å². The summed E-state index contributed by atoms with van der Waals surface area (Å²) in [6.07, 6.45) is 3.87. The van der Waals surface area contributed by atoms with Gasteiger partial charge in [0.05, 0.1) is 17.3 Å². The topological polar surface area (TPSA) is 58.1 Å². The first kappa shape index (κ1) is 20.4. The summed E-state index contributed by atoms with van der Waals surface area (Å²) in [7, 11) is 0. The third kappa shape index (κ3) is 4.49. The SMILES string of the molecule is CSc1ccccc1NC(=O)C1CCCN(c2ccc(-c3ccccc3C)nn2)C1. The van der Waals surface area contributed by atoms with Crippen molar-refractivity contribution in [3.63, 3.8) is 0 Å². The van der Waals surface area contributed by atoms with Crippen molar-refractivity contribution in [2.24, 2.45) is 5.92 Å². The van der Waals surface area contributed by atoms with Crippen molar-refractivity contribution in [2.45, 2.75) is 24.7 Å². The molecule has 1 aliphatic heterocycles. The predicted octanol–water partition coefficient (Wildman–Crippen LogP) is 5.03. The number of nitrogens with one attached hydrogen (secondary N) is 1. The molecule has 6 heteroatoms. The summed E-state index contributed by atoms with van der Waals surface area (Å²) < 4.78 is 0. The number of amides is 1. The predicted molar refractivity (Wildman–Crippen MR) is 124 cm³/mol. The van der Waals surface area contributed by atoms with E-state index in [1.807, 2.05) is 54.8 Å². The van der Waals surface area contributed by atoms with E-state index in [1.54, 1.807) is 11.8 Å². The number of hydrogen-bond donors (Lipinski definition) is 1. The van der Waals surface area contributed by atoms with Crippen LogP contribution in [0.4, 0.5) is 11.5 Å². The van der Waals surface area contributed by atoms with E-state index in [9.17, 15) is 4.79 Å². The Balaban J connectivity index is 1.45. The van der Waals surface area contributed by atoms with Gasteiger partial charge < -0.3 is 10.2 Å². The minimum atomic E-state index is -0.0634. The lowest BCUT2D eigenvalue weighted by Crippen LogP contribution is -2.41. The monoisotopic (exact) mass is 418 g/mol. The van der Waals surface area contributed by atoms with Crippen molar-refractivity contribution in [3.05, 3.63) is 66.2 Å². The van der Waals surface area contributed by atoms with E-state index in [2.05, 4.69) is 39.5 Å². The van der Waals surface area contributed by atoms with E-state index in [0.717, 1.165) is 47.0 Å². The maximum atomic E-state index is 12.9. The van der Waals surface area contributed by atoms with Crippen LogP contribution in [0, 0.1) is 12.8 Å². The zero-order chi connectivity index (χ0) is 20.9. The molecule has 1 N–H and O–H groups in total. The fourth-order valence-electron chi connectivity index (χ4n) is 3.88. The Labute approximate surface area is 181 Å². The van der Waals surface area contributed by atoms with Crippen LogP contribution >= 0.6 is 11.8 Å². The molecule has 30 heavy (non-hydrogen) atoms. The van der Waals surface area contributed by atoms with Crippen molar-refractivity contribution in [3.8, 4) is 11.3 Å². The summed E-state index contributed by atoms with van der Waals surface area (Å²) in [4.78, 5) is 16.2. The van der Waals surface area contributed by atoms with Gasteiger partial charge in [0.2, 0.25) is 5.91 Å². The fourth-order valence-corrected chi connectivity index (χ4v) is 4.43. The standard InChI is InChI=1S/C24H26N4OS/c1-17-8-3-4-10-19(17)20-13-14-23(27-26-20)28-15-7-9-18(16-28)24(29)25-21-11-5-6-12-22(21)30-2/h3-6,8,10-14,18H,7,9,15-16H2,1-2H3,(H,25,29). The molecule has 1 atom stereocenters. The first-order valence-corrected chi connectivity index (χ1v) is 11.5. The van der Waals surface area contributed by atoms with Gasteiger partial charge in [0.1, 0.15) is 0 Å². The largest absolute Gasteiger partial charge is 0.354 e. The molecule has 1 amide bonds. The molecule has 1 fully saturated rings. The average molecular weight is 419 g/mol. The van der Waals surface area contributed by atoms with E-state index >= 15 is 0 Å². The molecule has 0 saturated carbocycles. The Morgan fingerprint density at radius 3 is 2.63 bits per heavy atom. The van der Waals surface area contributed by atoms with E-state index in [1.165, 1.54) is 5.56 Å². The molecule has 0 radical (unpaired) electrons. The number of benzene rings is 2. The highest BCUT2D eigenvalue weighted by Gasteiger charge is 2.27. The van der Waals surface area contributed by atoms with Crippen LogP contribution in [0.5, 0.6) is 0 Å². The lowest BCUT2D eigenvalue weighted by molar-refractivity contribution is -0.120. The van der Waals surface area contributed by atoms with Gasteiger partial charge in [-0.1, -0.05) is 36.4 Å². The van der Waals surface area contributed by atoms with E-state index in [0.29, 0.717) is 6.54 Å². The van der Waals surface area contributed by atoms with Crippen molar-refractivity contribution in [1.82, 2.24) is 10.2 Å². The second kappa shape index (κ2) is 9.30. The zero-order valence-electron chi connectivity index (χ0n) is 17.3. The van der Waals surface area contributed by atoms with Crippen molar-refractivity contribution in [2.75, 3.05) is 29.6 Å². The maximum absolute atomic E-state index is 12.9. The van der Waals surface area contributed by atoms with Crippen molar-refractivity contribution >= 4 is 29.2 Å². The number of nitrogens with zero attached hydrogens (tertiary/aromatic N) is 3. The summed E-state index contributed by atoms with van der Waals surface area (Å²) in [6.45, 7) is 3.63. The Morgan fingerprint density at radius 1 is 1.07 bits per heavy atom. The van der Waals surface area contributed by atoms with Crippen LogP contribution < -0.4 is 10.2 Å². The van der Waals surface area contributed by atoms with Crippen LogP contribution in [0.15, 0.2) is 65.6 Å². The molecule has 2 heterocycles. The fraction of sp³-hybridized carbons (Fsp3) is 0.292. The lowest BCUT2D eigenvalue weighted by Gasteiger charge is -2.32. The van der Waals surface area contributed by atoms with Gasteiger partial charge in [0, 0.05) is 23.5 Å². The van der Waals surface area contributed by atoms with E-state index < -0.39 is 0 Å². The van der Waals surface area contributed by atoms with Gasteiger partial charge in [-0.25, -0.2) is 0 Å². The molecule has 1 unspecified atom stereocenters. The minimum absolute atomic E-state index is 0.0634. The lowest BCUT2D eigenvalue weighted by atomic mass is 9.97. The summed E-state index contributed by atoms with van der Waals surface area (Å²) >= 11 is 1.64. The molecule has 1 saturated heterocycles. The van der Waals surface area contributed by atoms with Crippen molar-refractivity contribution < 1.29 is 4.79 Å². The van der Waals surface area contributed by atoms with Crippen LogP contribution in [0.1, 0.15) is 18.4 Å². The molecule has 154 valence electrons. The highest BCUT2D eigenvalue weighted by Crippen LogP contribution is 2.28. The zero-order valence-corrected chi connectivity index (χ0v) is 18.2. The molecule has 0 spiro atoms. The second-order valence-corrected chi connectivity index (χ2v) is 8.41. The molecule has 1 aliphatic rings. The molecule has 0 aliphatic carbocycles. The summed E-state index contributed by atoms with van der Waals surface area (Å²) in [5.41, 5.74) is 4.03. The molecular weight excluding hydrogens is 392 g/mol. The Morgan fingerprint density at radius 2 is 1.87 bits per heavy atom. The van der Waals surface area contributed by atoms with Crippen LogP contribution in [0.2, 0.25) is 0 Å². The molecule has 1 aromatic heterocycles. The van der Waals surface area contributed by atoms with Gasteiger partial charge in [-0.15, -0.1) is 22.0 Å². The molecule has 4 rings (SSSR count). The highest BCUT2D eigenvalue weighted by atomic mass is 32.2. The quantitative estimate of drug-likeness (QED) is 0.589. The smallest absolute Gasteiger partial charge is 0.229 e. The van der Waals surface area contributed by atoms with Crippen LogP contribution in [0.25, 0.3) is 11.3 Å². The number of thioether (sulfide) groups is 1. The summed E-state index contributed by atoms with van der Waals surface area (Å²) in [5, 5.41) is 12.0. The molecule has 5 nitrogen and oxygen atoms in total. The number of carbonyl (C=O) groups excluding carboxylic acids is 1. The van der Waals surface area contributed by atoms with Gasteiger partial charge in [-0.3, -0.25) is 4.79 Å². The second-order valence-electron chi connectivity index (χ2n) is 7.57. The van der Waals surface area contributed by atoms with Crippen molar-refractivity contribution in [1.29, 1.82) is 0 Å². The number of para-hydroxylation sites is 1. The molecule has 3 aromatic rings. The third-order valence-corrected chi connectivity index (χ3v) is 6.35. The number of hydrogen-bond acceptors (Lipinski definition) is 5. The van der Waals surface area contributed by atoms with Gasteiger partial charge in [0.25, 0.3) is 0 Å². The number of anilines is 2.